The van der Waals surface area contributed by atoms with Crippen molar-refractivity contribution in [2.75, 3.05) is 11.5 Å². The first-order chi connectivity index (χ1) is 13.3. The molecule has 0 spiro atoms. The SMILES string of the molecule is CCOC(=O)c1ccc(N2C(=O)C(O)=C(C(C)=O)[C@@H]2c2ccc(Br)cc2)cc1. The molecule has 0 radical (unpaired) electrons. The summed E-state index contributed by atoms with van der Waals surface area (Å²) in [4.78, 5) is 38.1. The first-order valence-electron chi connectivity index (χ1n) is 8.65. The van der Waals surface area contributed by atoms with Crippen LogP contribution in [-0.4, -0.2) is 29.4 Å². The number of Topliss-reactive ketones (excluding diaryl/α,β-unsaturated/α-hetero) is 1. The van der Waals surface area contributed by atoms with E-state index in [2.05, 4.69) is 15.9 Å². The average Bonchev–Trinajstić information content (AvgIpc) is 2.94. The van der Waals surface area contributed by atoms with Crippen molar-refractivity contribution in [2.24, 2.45) is 0 Å². The highest BCUT2D eigenvalue weighted by Gasteiger charge is 2.43. The Hall–Kier alpha value is -2.93. The number of hydrogen-bond donors (Lipinski definition) is 1. The van der Waals surface area contributed by atoms with Gasteiger partial charge in [-0.25, -0.2) is 4.79 Å². The zero-order chi connectivity index (χ0) is 20.4. The van der Waals surface area contributed by atoms with Gasteiger partial charge in [0.05, 0.1) is 23.8 Å². The predicted molar refractivity (Wildman–Crippen MR) is 107 cm³/mol. The molecule has 144 valence electrons. The molecule has 0 fully saturated rings. The molecular formula is C21H18BrNO5. The largest absolute Gasteiger partial charge is 0.503 e. The van der Waals surface area contributed by atoms with Gasteiger partial charge < -0.3 is 9.84 Å². The van der Waals surface area contributed by atoms with Gasteiger partial charge in [0.25, 0.3) is 5.91 Å². The van der Waals surface area contributed by atoms with E-state index >= 15 is 0 Å². The number of aliphatic hydroxyl groups is 1. The quantitative estimate of drug-likeness (QED) is 0.702. The minimum atomic E-state index is -0.758. The van der Waals surface area contributed by atoms with E-state index in [1.54, 1.807) is 55.5 Å². The molecule has 1 amide bonds. The molecule has 0 unspecified atom stereocenters. The van der Waals surface area contributed by atoms with Gasteiger partial charge in [0, 0.05) is 10.2 Å². The fourth-order valence-corrected chi connectivity index (χ4v) is 3.43. The summed E-state index contributed by atoms with van der Waals surface area (Å²) >= 11 is 3.36. The van der Waals surface area contributed by atoms with Crippen molar-refractivity contribution in [3.63, 3.8) is 0 Å². The van der Waals surface area contributed by atoms with Crippen molar-refractivity contribution in [1.82, 2.24) is 0 Å². The first-order valence-corrected chi connectivity index (χ1v) is 9.44. The molecule has 1 N–H and O–H groups in total. The van der Waals surface area contributed by atoms with Crippen molar-refractivity contribution in [1.29, 1.82) is 0 Å². The molecule has 28 heavy (non-hydrogen) atoms. The lowest BCUT2D eigenvalue weighted by Gasteiger charge is -2.26. The Morgan fingerprint density at radius 2 is 1.71 bits per heavy atom. The summed E-state index contributed by atoms with van der Waals surface area (Å²) in [7, 11) is 0. The maximum Gasteiger partial charge on any atom is 0.338 e. The van der Waals surface area contributed by atoms with Gasteiger partial charge in [-0.15, -0.1) is 0 Å². The molecule has 3 rings (SSSR count). The topological polar surface area (TPSA) is 83.9 Å². The summed E-state index contributed by atoms with van der Waals surface area (Å²) in [6.07, 6.45) is 0. The van der Waals surface area contributed by atoms with Crippen LogP contribution in [-0.2, 0) is 14.3 Å². The van der Waals surface area contributed by atoms with Crippen LogP contribution in [0.4, 0.5) is 5.69 Å². The van der Waals surface area contributed by atoms with Gasteiger partial charge in [-0.3, -0.25) is 14.5 Å². The van der Waals surface area contributed by atoms with Crippen LogP contribution >= 0.6 is 15.9 Å². The Labute approximate surface area is 170 Å². The van der Waals surface area contributed by atoms with Gasteiger partial charge in [0.1, 0.15) is 0 Å². The molecule has 2 aromatic carbocycles. The maximum absolute atomic E-state index is 12.8. The highest BCUT2D eigenvalue weighted by Crippen LogP contribution is 2.41. The number of carbonyl (C=O) groups is 3. The number of halogens is 1. The van der Waals surface area contributed by atoms with Crippen molar-refractivity contribution >= 4 is 39.3 Å². The lowest BCUT2D eigenvalue weighted by molar-refractivity contribution is -0.117. The highest BCUT2D eigenvalue weighted by molar-refractivity contribution is 9.10. The van der Waals surface area contributed by atoms with Gasteiger partial charge in [-0.1, -0.05) is 28.1 Å². The summed E-state index contributed by atoms with van der Waals surface area (Å²) in [6.45, 7) is 3.30. The Balaban J connectivity index is 2.05. The van der Waals surface area contributed by atoms with E-state index in [0.29, 0.717) is 16.8 Å². The van der Waals surface area contributed by atoms with Crippen LogP contribution < -0.4 is 4.90 Å². The zero-order valence-corrected chi connectivity index (χ0v) is 16.9. The van der Waals surface area contributed by atoms with Crippen LogP contribution in [0.2, 0.25) is 0 Å². The summed E-state index contributed by atoms with van der Waals surface area (Å²) in [6, 6.07) is 12.7. The summed E-state index contributed by atoms with van der Waals surface area (Å²) in [5, 5.41) is 10.3. The third-order valence-corrected chi connectivity index (χ3v) is 4.96. The molecule has 6 nitrogen and oxygen atoms in total. The van der Waals surface area contributed by atoms with Crippen LogP contribution in [0.15, 0.2) is 64.3 Å². The molecular weight excluding hydrogens is 426 g/mol. The van der Waals surface area contributed by atoms with E-state index < -0.39 is 23.7 Å². The van der Waals surface area contributed by atoms with E-state index in [9.17, 15) is 19.5 Å². The van der Waals surface area contributed by atoms with Crippen LogP contribution in [0.25, 0.3) is 0 Å². The van der Waals surface area contributed by atoms with E-state index in [0.717, 1.165) is 4.47 Å². The van der Waals surface area contributed by atoms with E-state index in [1.165, 1.54) is 11.8 Å². The monoisotopic (exact) mass is 443 g/mol. The number of rotatable bonds is 5. The molecule has 0 bridgehead atoms. The van der Waals surface area contributed by atoms with E-state index in [1.807, 2.05) is 0 Å². The lowest BCUT2D eigenvalue weighted by Crippen LogP contribution is -2.30. The van der Waals surface area contributed by atoms with Crippen molar-refractivity contribution in [3.05, 3.63) is 75.5 Å². The Bertz CT molecular complexity index is 963. The van der Waals surface area contributed by atoms with Crippen LogP contribution in [0.3, 0.4) is 0 Å². The molecule has 0 aromatic heterocycles. The Morgan fingerprint density at radius 1 is 1.11 bits per heavy atom. The van der Waals surface area contributed by atoms with Crippen LogP contribution in [0.5, 0.6) is 0 Å². The summed E-state index contributed by atoms with van der Waals surface area (Å²) in [5.41, 5.74) is 1.53. The number of aliphatic hydroxyl groups excluding tert-OH is 1. The van der Waals surface area contributed by atoms with Crippen molar-refractivity contribution in [3.8, 4) is 0 Å². The molecule has 0 aliphatic carbocycles. The van der Waals surface area contributed by atoms with E-state index in [4.69, 9.17) is 4.74 Å². The molecule has 1 heterocycles. The van der Waals surface area contributed by atoms with Gasteiger partial charge in [-0.2, -0.15) is 0 Å². The molecule has 0 saturated heterocycles. The number of amides is 1. The Morgan fingerprint density at radius 3 is 2.25 bits per heavy atom. The van der Waals surface area contributed by atoms with Gasteiger partial charge in [-0.05, 0) is 55.8 Å². The van der Waals surface area contributed by atoms with Crippen LogP contribution in [0.1, 0.15) is 35.8 Å². The Kier molecular flexibility index (Phi) is 5.65. The van der Waals surface area contributed by atoms with Crippen molar-refractivity contribution in [2.45, 2.75) is 19.9 Å². The number of hydrogen-bond acceptors (Lipinski definition) is 5. The predicted octanol–water partition coefficient (Wildman–Crippen LogP) is 4.11. The van der Waals surface area contributed by atoms with E-state index in [-0.39, 0.29) is 18.0 Å². The molecule has 1 aliphatic rings. The second-order valence-electron chi connectivity index (χ2n) is 6.22. The fourth-order valence-electron chi connectivity index (χ4n) is 3.16. The summed E-state index contributed by atoms with van der Waals surface area (Å²) in [5.74, 6) is -2.07. The van der Waals surface area contributed by atoms with Gasteiger partial charge in [0.15, 0.2) is 11.5 Å². The zero-order valence-electron chi connectivity index (χ0n) is 15.3. The second kappa shape index (κ2) is 7.98. The van der Waals surface area contributed by atoms with Gasteiger partial charge >= 0.3 is 5.97 Å². The highest BCUT2D eigenvalue weighted by atomic mass is 79.9. The molecule has 1 aliphatic heterocycles. The lowest BCUT2D eigenvalue weighted by atomic mass is 9.96. The number of ether oxygens (including phenoxy) is 1. The molecule has 0 saturated carbocycles. The fraction of sp³-hybridized carbons (Fsp3) is 0.190. The number of carbonyl (C=O) groups excluding carboxylic acids is 3. The molecule has 2 aromatic rings. The van der Waals surface area contributed by atoms with Crippen LogP contribution in [0, 0.1) is 0 Å². The number of nitrogens with zero attached hydrogens (tertiary/aromatic N) is 1. The molecule has 1 atom stereocenters. The first kappa shape index (κ1) is 19.8. The smallest absolute Gasteiger partial charge is 0.338 e. The number of anilines is 1. The van der Waals surface area contributed by atoms with Gasteiger partial charge in [0.2, 0.25) is 0 Å². The van der Waals surface area contributed by atoms with Crippen molar-refractivity contribution < 1.29 is 24.2 Å². The summed E-state index contributed by atoms with van der Waals surface area (Å²) < 4.78 is 5.82. The number of benzene rings is 2. The third kappa shape index (κ3) is 3.57. The third-order valence-electron chi connectivity index (χ3n) is 4.43. The number of esters is 1. The minimum absolute atomic E-state index is 0.0433. The average molecular weight is 444 g/mol. The normalized spacial score (nSPS) is 16.5. The maximum atomic E-state index is 12.8. The number of ketones is 1. The minimum Gasteiger partial charge on any atom is -0.503 e. The molecule has 7 heteroatoms. The second-order valence-corrected chi connectivity index (χ2v) is 7.13. The standard InChI is InChI=1S/C21H18BrNO5/c1-3-28-21(27)14-6-10-16(11-7-14)23-18(13-4-8-15(22)9-5-13)17(12(2)24)19(25)20(23)26/h4-11,18,25H,3H2,1-2H3/t18-/m0/s1.